The Labute approximate surface area is 128 Å². The van der Waals surface area contributed by atoms with E-state index in [1.165, 1.54) is 18.4 Å². The van der Waals surface area contributed by atoms with Gasteiger partial charge in [0.15, 0.2) is 0 Å². The molecule has 0 N–H and O–H groups in total. The van der Waals surface area contributed by atoms with Crippen LogP contribution in [0.3, 0.4) is 0 Å². The second kappa shape index (κ2) is 5.94. The Hall–Kier alpha value is -1.04. The number of hydrogen-bond acceptors (Lipinski definition) is 4. The maximum atomic E-state index is 12.5. The van der Waals surface area contributed by atoms with Crippen LogP contribution in [-0.4, -0.2) is 20.0 Å². The Balaban J connectivity index is 2.47. The zero-order valence-electron chi connectivity index (χ0n) is 10.2. The lowest BCUT2D eigenvalue weighted by Gasteiger charge is -2.08. The van der Waals surface area contributed by atoms with Crippen molar-refractivity contribution >= 4 is 44.7 Å². The number of halogens is 2. The van der Waals surface area contributed by atoms with Gasteiger partial charge in [0, 0.05) is 4.47 Å². The third kappa shape index (κ3) is 2.94. The van der Waals surface area contributed by atoms with Crippen molar-refractivity contribution in [1.82, 2.24) is 0 Å². The fourth-order valence-electron chi connectivity index (χ4n) is 1.58. The smallest absolute Gasteiger partial charge is 0.206 e. The molecular formula is C13H10BrClO3S. The van der Waals surface area contributed by atoms with Gasteiger partial charge in [-0.25, -0.2) is 0 Å². The van der Waals surface area contributed by atoms with Crippen molar-refractivity contribution < 1.29 is 14.3 Å². The number of carbonyl (C=O) groups is 1. The van der Waals surface area contributed by atoms with Gasteiger partial charge in [-0.05, 0) is 40.2 Å². The first-order valence-electron chi connectivity index (χ1n) is 5.28. The summed E-state index contributed by atoms with van der Waals surface area (Å²) in [7, 11) is 3.07. The number of thiophene rings is 1. The van der Waals surface area contributed by atoms with Gasteiger partial charge in [-0.15, -0.1) is 11.3 Å². The molecule has 0 aliphatic rings. The van der Waals surface area contributed by atoms with E-state index in [-0.39, 0.29) is 5.78 Å². The molecule has 1 heterocycles. The van der Waals surface area contributed by atoms with Gasteiger partial charge in [0.2, 0.25) is 5.78 Å². The topological polar surface area (TPSA) is 35.5 Å². The molecule has 0 saturated heterocycles. The van der Waals surface area contributed by atoms with Crippen molar-refractivity contribution in [2.24, 2.45) is 0 Å². The van der Waals surface area contributed by atoms with Crippen molar-refractivity contribution in [2.45, 2.75) is 0 Å². The summed E-state index contributed by atoms with van der Waals surface area (Å²) in [5, 5.41) is 0. The molecule has 19 heavy (non-hydrogen) atoms. The summed E-state index contributed by atoms with van der Waals surface area (Å²) in [6.07, 6.45) is 0. The summed E-state index contributed by atoms with van der Waals surface area (Å²) in [5.74, 6) is 0.964. The molecule has 2 rings (SSSR count). The first-order chi connectivity index (χ1) is 9.06. The van der Waals surface area contributed by atoms with E-state index in [0.29, 0.717) is 30.7 Å². The lowest BCUT2D eigenvalue weighted by Crippen LogP contribution is -2.02. The third-order valence-corrected chi connectivity index (χ3v) is 4.99. The molecule has 0 aliphatic carbocycles. The number of carbonyl (C=O) groups excluding carboxylic acids is 1. The highest BCUT2D eigenvalue weighted by atomic mass is 79.9. The Kier molecular flexibility index (Phi) is 4.50. The summed E-state index contributed by atoms with van der Waals surface area (Å²) in [5.41, 5.74) is 0.451. The van der Waals surface area contributed by atoms with Crippen LogP contribution in [0.15, 0.2) is 28.7 Å². The highest BCUT2D eigenvalue weighted by Crippen LogP contribution is 2.35. The summed E-state index contributed by atoms with van der Waals surface area (Å²) in [4.78, 5) is 13.0. The summed E-state index contributed by atoms with van der Waals surface area (Å²) >= 11 is 10.5. The predicted molar refractivity (Wildman–Crippen MR) is 80.0 cm³/mol. The highest BCUT2D eigenvalue weighted by molar-refractivity contribution is 9.10. The van der Waals surface area contributed by atoms with Crippen molar-refractivity contribution in [1.29, 1.82) is 0 Å². The van der Waals surface area contributed by atoms with Crippen LogP contribution in [-0.2, 0) is 0 Å². The number of rotatable bonds is 4. The van der Waals surface area contributed by atoms with E-state index in [1.54, 1.807) is 31.4 Å². The van der Waals surface area contributed by atoms with Crippen LogP contribution in [0, 0.1) is 0 Å². The average Bonchev–Trinajstić information content (AvgIpc) is 2.77. The number of ether oxygens (including phenoxy) is 2. The molecule has 2 aromatic rings. The molecule has 0 saturated carbocycles. The fraction of sp³-hybridized carbons (Fsp3) is 0.154. The van der Waals surface area contributed by atoms with E-state index in [9.17, 15) is 4.79 Å². The van der Waals surface area contributed by atoms with Gasteiger partial charge in [-0.2, -0.15) is 0 Å². The Morgan fingerprint density at radius 1 is 1.26 bits per heavy atom. The van der Waals surface area contributed by atoms with Crippen molar-refractivity contribution in [3.8, 4) is 11.5 Å². The standard InChI is InChI=1S/C13H10BrClO3S/c1-17-7-3-4-10(18-2)8(5-7)12(16)11-6-9(14)13(15)19-11/h3-6H,1-2H3. The zero-order chi connectivity index (χ0) is 14.0. The fourth-order valence-corrected chi connectivity index (χ4v) is 3.24. The van der Waals surface area contributed by atoms with Crippen LogP contribution in [0.2, 0.25) is 4.34 Å². The zero-order valence-corrected chi connectivity index (χ0v) is 13.4. The van der Waals surface area contributed by atoms with Gasteiger partial charge >= 0.3 is 0 Å². The maximum absolute atomic E-state index is 12.5. The van der Waals surface area contributed by atoms with Crippen LogP contribution in [0.4, 0.5) is 0 Å². The molecule has 6 heteroatoms. The second-order valence-electron chi connectivity index (χ2n) is 3.63. The summed E-state index contributed by atoms with van der Waals surface area (Å²) in [6.45, 7) is 0. The van der Waals surface area contributed by atoms with Gasteiger partial charge in [0.05, 0.1) is 24.7 Å². The molecule has 0 atom stereocenters. The summed E-state index contributed by atoms with van der Waals surface area (Å²) in [6, 6.07) is 6.81. The van der Waals surface area contributed by atoms with Crippen LogP contribution in [0.25, 0.3) is 0 Å². The van der Waals surface area contributed by atoms with E-state index >= 15 is 0 Å². The summed E-state index contributed by atoms with van der Waals surface area (Å²) < 4.78 is 11.6. The van der Waals surface area contributed by atoms with Crippen molar-refractivity contribution in [3.05, 3.63) is 43.5 Å². The molecule has 100 valence electrons. The first-order valence-corrected chi connectivity index (χ1v) is 7.27. The highest BCUT2D eigenvalue weighted by Gasteiger charge is 2.19. The lowest BCUT2D eigenvalue weighted by molar-refractivity contribution is 0.103. The van der Waals surface area contributed by atoms with Gasteiger partial charge in [0.1, 0.15) is 15.8 Å². The number of methoxy groups -OCH3 is 2. The van der Waals surface area contributed by atoms with Crippen LogP contribution in [0.5, 0.6) is 11.5 Å². The molecule has 0 amide bonds. The minimum atomic E-state index is -0.145. The normalized spacial score (nSPS) is 10.3. The van der Waals surface area contributed by atoms with Crippen LogP contribution < -0.4 is 9.47 Å². The van der Waals surface area contributed by atoms with E-state index in [2.05, 4.69) is 15.9 Å². The number of hydrogen-bond donors (Lipinski definition) is 0. The average molecular weight is 362 g/mol. The quantitative estimate of drug-likeness (QED) is 0.757. The minimum Gasteiger partial charge on any atom is -0.497 e. The van der Waals surface area contributed by atoms with E-state index in [1.807, 2.05) is 0 Å². The van der Waals surface area contributed by atoms with Crippen LogP contribution >= 0.6 is 38.9 Å². The first kappa shape index (κ1) is 14.4. The number of benzene rings is 1. The molecule has 1 aromatic carbocycles. The van der Waals surface area contributed by atoms with Crippen LogP contribution in [0.1, 0.15) is 15.2 Å². The number of ketones is 1. The molecule has 0 spiro atoms. The predicted octanol–water partition coefficient (Wildman–Crippen LogP) is 4.41. The van der Waals surface area contributed by atoms with Crippen molar-refractivity contribution in [3.63, 3.8) is 0 Å². The van der Waals surface area contributed by atoms with E-state index in [4.69, 9.17) is 21.1 Å². The van der Waals surface area contributed by atoms with Gasteiger partial charge < -0.3 is 9.47 Å². The monoisotopic (exact) mass is 360 g/mol. The van der Waals surface area contributed by atoms with Gasteiger partial charge in [0.25, 0.3) is 0 Å². The largest absolute Gasteiger partial charge is 0.497 e. The molecule has 0 radical (unpaired) electrons. The third-order valence-electron chi connectivity index (χ3n) is 2.52. The Morgan fingerprint density at radius 2 is 2.00 bits per heavy atom. The van der Waals surface area contributed by atoms with E-state index in [0.717, 1.165) is 0 Å². The van der Waals surface area contributed by atoms with Gasteiger partial charge in [-0.3, -0.25) is 4.79 Å². The Morgan fingerprint density at radius 3 is 2.53 bits per heavy atom. The van der Waals surface area contributed by atoms with Gasteiger partial charge in [-0.1, -0.05) is 11.6 Å². The molecular weight excluding hydrogens is 352 g/mol. The van der Waals surface area contributed by atoms with Crippen molar-refractivity contribution in [2.75, 3.05) is 14.2 Å². The molecule has 0 bridgehead atoms. The Bertz CT molecular complexity index is 605. The molecule has 0 aliphatic heterocycles. The molecule has 0 fully saturated rings. The van der Waals surface area contributed by atoms with E-state index < -0.39 is 0 Å². The minimum absolute atomic E-state index is 0.145. The lowest BCUT2D eigenvalue weighted by atomic mass is 10.1. The maximum Gasteiger partial charge on any atom is 0.206 e. The second-order valence-corrected chi connectivity index (χ2v) is 6.14. The SMILES string of the molecule is COc1ccc(OC)c(C(=O)c2cc(Br)c(Cl)s2)c1. The molecule has 3 nitrogen and oxygen atoms in total. The molecule has 1 aromatic heterocycles. The molecule has 0 unspecified atom stereocenters.